The van der Waals surface area contributed by atoms with Gasteiger partial charge in [-0.1, -0.05) is 12.1 Å². The van der Waals surface area contributed by atoms with Gasteiger partial charge in [-0.3, -0.25) is 4.79 Å². The predicted octanol–water partition coefficient (Wildman–Crippen LogP) is 4.63. The van der Waals surface area contributed by atoms with E-state index in [9.17, 15) is 14.4 Å². The summed E-state index contributed by atoms with van der Waals surface area (Å²) in [6.07, 6.45) is 1.58. The summed E-state index contributed by atoms with van der Waals surface area (Å²) in [4.78, 5) is 37.3. The molecule has 1 heterocycles. The molecule has 0 aliphatic carbocycles. The molecule has 0 spiro atoms. The van der Waals surface area contributed by atoms with Crippen LogP contribution in [0, 0.1) is 6.92 Å². The van der Waals surface area contributed by atoms with E-state index in [2.05, 4.69) is 0 Å². The van der Waals surface area contributed by atoms with Crippen molar-refractivity contribution in [2.45, 2.75) is 6.92 Å². The lowest BCUT2D eigenvalue weighted by atomic mass is 10.0. The summed E-state index contributed by atoms with van der Waals surface area (Å²) < 4.78 is 26.4. The van der Waals surface area contributed by atoms with Crippen molar-refractivity contribution in [1.29, 1.82) is 0 Å². The maximum absolute atomic E-state index is 12.9. The fraction of sp³-hybridized carbons (Fsp3) is 0.148. The van der Waals surface area contributed by atoms with Crippen molar-refractivity contribution in [3.8, 4) is 23.0 Å². The van der Waals surface area contributed by atoms with Crippen LogP contribution in [0.5, 0.6) is 23.0 Å². The first kappa shape index (κ1) is 23.6. The molecule has 4 rings (SSSR count). The number of ketones is 1. The highest BCUT2D eigenvalue weighted by atomic mass is 16.5. The van der Waals surface area contributed by atoms with Crippen LogP contribution in [0.25, 0.3) is 6.08 Å². The number of hydrogen-bond acceptors (Lipinski definition) is 8. The van der Waals surface area contributed by atoms with Gasteiger partial charge in [0.2, 0.25) is 5.78 Å². The SMILES string of the molecule is COC(=O)c1ccc(/C=C2\Oc3cc(OC(=O)c4cc(OC)cc(OC)c4)cc(C)c3C2=O)cc1. The Morgan fingerprint density at radius 2 is 1.46 bits per heavy atom. The van der Waals surface area contributed by atoms with Crippen molar-refractivity contribution in [1.82, 2.24) is 0 Å². The number of carbonyl (C=O) groups is 3. The standard InChI is InChI=1S/C27H22O8/c1-15-9-21(34-27(30)18-11-19(31-2)13-20(12-18)32-3)14-22-24(15)25(28)23(35-22)10-16-5-7-17(8-6-16)26(29)33-4/h5-14H,1-4H3/b23-10-. The van der Waals surface area contributed by atoms with Crippen LogP contribution in [-0.2, 0) is 4.74 Å². The summed E-state index contributed by atoms with van der Waals surface area (Å²) in [5.74, 6) is 0.180. The normalized spacial score (nSPS) is 13.1. The largest absolute Gasteiger partial charge is 0.497 e. The fourth-order valence-electron chi connectivity index (χ4n) is 3.61. The van der Waals surface area contributed by atoms with Crippen LogP contribution in [0.1, 0.15) is 42.2 Å². The predicted molar refractivity (Wildman–Crippen MR) is 126 cm³/mol. The zero-order chi connectivity index (χ0) is 25.1. The summed E-state index contributed by atoms with van der Waals surface area (Å²) in [5, 5.41) is 0. The summed E-state index contributed by atoms with van der Waals surface area (Å²) >= 11 is 0. The van der Waals surface area contributed by atoms with Crippen LogP contribution < -0.4 is 18.9 Å². The highest BCUT2D eigenvalue weighted by Gasteiger charge is 2.30. The van der Waals surface area contributed by atoms with Gasteiger partial charge >= 0.3 is 11.9 Å². The highest BCUT2D eigenvalue weighted by Crippen LogP contribution is 2.38. The molecule has 0 atom stereocenters. The maximum Gasteiger partial charge on any atom is 0.343 e. The van der Waals surface area contributed by atoms with Gasteiger partial charge in [-0.25, -0.2) is 9.59 Å². The number of aryl methyl sites for hydroxylation is 1. The van der Waals surface area contributed by atoms with Gasteiger partial charge in [0.05, 0.1) is 38.0 Å². The highest BCUT2D eigenvalue weighted by molar-refractivity contribution is 6.15. The fourth-order valence-corrected chi connectivity index (χ4v) is 3.61. The first-order valence-electron chi connectivity index (χ1n) is 10.6. The Balaban J connectivity index is 1.57. The Morgan fingerprint density at radius 3 is 2.06 bits per heavy atom. The lowest BCUT2D eigenvalue weighted by molar-refractivity contribution is 0.0600. The van der Waals surface area contributed by atoms with E-state index in [1.807, 2.05) is 0 Å². The Kier molecular flexibility index (Phi) is 6.55. The molecule has 0 unspecified atom stereocenters. The van der Waals surface area contributed by atoms with Gasteiger partial charge < -0.3 is 23.7 Å². The van der Waals surface area contributed by atoms with Crippen molar-refractivity contribution in [3.63, 3.8) is 0 Å². The van der Waals surface area contributed by atoms with Gasteiger partial charge in [0, 0.05) is 12.1 Å². The number of hydrogen-bond donors (Lipinski definition) is 0. The molecule has 0 radical (unpaired) electrons. The third-order valence-corrected chi connectivity index (χ3v) is 5.37. The van der Waals surface area contributed by atoms with Crippen molar-refractivity contribution in [2.24, 2.45) is 0 Å². The lowest BCUT2D eigenvalue weighted by Crippen LogP contribution is -2.09. The Bertz CT molecular complexity index is 1330. The molecule has 35 heavy (non-hydrogen) atoms. The number of ether oxygens (including phenoxy) is 5. The first-order chi connectivity index (χ1) is 16.8. The first-order valence-corrected chi connectivity index (χ1v) is 10.6. The number of fused-ring (bicyclic) bond motifs is 1. The van der Waals surface area contributed by atoms with Gasteiger partial charge in [-0.05, 0) is 54.5 Å². The summed E-state index contributed by atoms with van der Waals surface area (Å²) in [6, 6.07) is 14.4. The molecular weight excluding hydrogens is 452 g/mol. The van der Waals surface area contributed by atoms with E-state index in [1.165, 1.54) is 39.5 Å². The molecule has 0 amide bonds. The molecule has 178 valence electrons. The molecule has 0 saturated heterocycles. The second-order valence-electron chi connectivity index (χ2n) is 7.66. The molecule has 1 aliphatic heterocycles. The molecule has 8 nitrogen and oxygen atoms in total. The average Bonchev–Trinajstić information content (AvgIpc) is 3.18. The average molecular weight is 474 g/mol. The van der Waals surface area contributed by atoms with Gasteiger partial charge in [-0.15, -0.1) is 0 Å². The van der Waals surface area contributed by atoms with Crippen molar-refractivity contribution in [2.75, 3.05) is 21.3 Å². The van der Waals surface area contributed by atoms with Gasteiger partial charge in [0.25, 0.3) is 0 Å². The number of Topliss-reactive ketones (excluding diaryl/α,β-unsaturated/α-hetero) is 1. The summed E-state index contributed by atoms with van der Waals surface area (Å²) in [5.41, 5.74) is 2.30. The third kappa shape index (κ3) is 4.86. The molecule has 1 aliphatic rings. The third-order valence-electron chi connectivity index (χ3n) is 5.37. The number of carbonyl (C=O) groups excluding carboxylic acids is 3. The minimum Gasteiger partial charge on any atom is -0.497 e. The van der Waals surface area contributed by atoms with Gasteiger partial charge in [-0.2, -0.15) is 0 Å². The van der Waals surface area contributed by atoms with E-state index in [-0.39, 0.29) is 22.9 Å². The van der Waals surface area contributed by atoms with Crippen LogP contribution in [0.2, 0.25) is 0 Å². The minimum absolute atomic E-state index is 0.120. The lowest BCUT2D eigenvalue weighted by Gasteiger charge is -2.10. The Hall–Kier alpha value is -4.59. The van der Waals surface area contributed by atoms with Crippen LogP contribution in [0.15, 0.2) is 60.4 Å². The molecule has 8 heteroatoms. The second-order valence-corrected chi connectivity index (χ2v) is 7.66. The van der Waals surface area contributed by atoms with Crippen molar-refractivity contribution >= 4 is 23.8 Å². The molecule has 3 aromatic carbocycles. The number of esters is 2. The minimum atomic E-state index is -0.618. The van der Waals surface area contributed by atoms with Crippen LogP contribution >= 0.6 is 0 Å². The van der Waals surface area contributed by atoms with E-state index >= 15 is 0 Å². The van der Waals surface area contributed by atoms with E-state index in [4.69, 9.17) is 23.7 Å². The Morgan fingerprint density at radius 1 is 0.800 bits per heavy atom. The summed E-state index contributed by atoms with van der Waals surface area (Å²) in [7, 11) is 4.28. The molecule has 0 fully saturated rings. The molecule has 0 aromatic heterocycles. The van der Waals surface area contributed by atoms with Gasteiger partial charge in [0.1, 0.15) is 23.0 Å². The number of rotatable bonds is 6. The van der Waals surface area contributed by atoms with Crippen molar-refractivity contribution in [3.05, 3.63) is 88.2 Å². The molecule has 0 saturated carbocycles. The number of benzene rings is 3. The molecule has 0 bridgehead atoms. The van der Waals surface area contributed by atoms with Crippen LogP contribution in [-0.4, -0.2) is 39.1 Å². The van der Waals surface area contributed by atoms with E-state index < -0.39 is 11.9 Å². The number of allylic oxidation sites excluding steroid dienone is 1. The van der Waals surface area contributed by atoms with Crippen LogP contribution in [0.3, 0.4) is 0 Å². The van der Waals surface area contributed by atoms with E-state index in [0.29, 0.717) is 39.5 Å². The smallest absolute Gasteiger partial charge is 0.343 e. The topological polar surface area (TPSA) is 97.4 Å². The maximum atomic E-state index is 12.9. The second kappa shape index (κ2) is 9.72. The Labute approximate surface area is 201 Å². The van der Waals surface area contributed by atoms with Gasteiger partial charge in [0.15, 0.2) is 5.76 Å². The molecule has 0 N–H and O–H groups in total. The zero-order valence-corrected chi connectivity index (χ0v) is 19.5. The van der Waals surface area contributed by atoms with Crippen molar-refractivity contribution < 1.29 is 38.1 Å². The van der Waals surface area contributed by atoms with E-state index in [0.717, 1.165) is 0 Å². The molecule has 3 aromatic rings. The quantitative estimate of drug-likeness (QED) is 0.290. The number of methoxy groups -OCH3 is 3. The monoisotopic (exact) mass is 474 g/mol. The molecular formula is C27H22O8. The van der Waals surface area contributed by atoms with Crippen LogP contribution in [0.4, 0.5) is 0 Å². The zero-order valence-electron chi connectivity index (χ0n) is 19.5. The summed E-state index contributed by atoms with van der Waals surface area (Å²) in [6.45, 7) is 1.74. The van der Waals surface area contributed by atoms with E-state index in [1.54, 1.807) is 49.4 Å².